The molecule has 2 aliphatic heterocycles. The van der Waals surface area contributed by atoms with Gasteiger partial charge in [0.15, 0.2) is 0 Å². The molecule has 0 saturated carbocycles. The highest BCUT2D eigenvalue weighted by Crippen LogP contribution is 2.34. The zero-order chi connectivity index (χ0) is 21.4. The van der Waals surface area contributed by atoms with Crippen molar-refractivity contribution >= 4 is 34.0 Å². The molecule has 0 spiro atoms. The Labute approximate surface area is 181 Å². The molecule has 2 amide bonds. The molecule has 3 aromatic rings. The molecular formula is C25H25N3O3. The van der Waals surface area contributed by atoms with Crippen molar-refractivity contribution in [2.24, 2.45) is 5.92 Å². The minimum Gasteiger partial charge on any atom is -0.495 e. The predicted octanol–water partition coefficient (Wildman–Crippen LogP) is 3.85. The van der Waals surface area contributed by atoms with Crippen molar-refractivity contribution in [1.29, 1.82) is 0 Å². The number of benzene rings is 2. The highest BCUT2D eigenvalue weighted by molar-refractivity contribution is 6.01. The first-order valence-electron chi connectivity index (χ1n) is 10.6. The molecule has 31 heavy (non-hydrogen) atoms. The third-order valence-corrected chi connectivity index (χ3v) is 6.31. The summed E-state index contributed by atoms with van der Waals surface area (Å²) in [6.07, 6.45) is 5.25. The van der Waals surface area contributed by atoms with Gasteiger partial charge in [-0.15, -0.1) is 0 Å². The number of H-pyrrole nitrogens is 1. The zero-order valence-corrected chi connectivity index (χ0v) is 17.5. The van der Waals surface area contributed by atoms with Gasteiger partial charge in [-0.1, -0.05) is 36.4 Å². The van der Waals surface area contributed by atoms with Crippen molar-refractivity contribution in [3.63, 3.8) is 0 Å². The Hall–Kier alpha value is -3.54. The molecule has 0 radical (unpaired) electrons. The predicted molar refractivity (Wildman–Crippen MR) is 121 cm³/mol. The molecule has 1 N–H and O–H groups in total. The Kier molecular flexibility index (Phi) is 4.98. The van der Waals surface area contributed by atoms with E-state index in [1.54, 1.807) is 12.0 Å². The van der Waals surface area contributed by atoms with E-state index in [1.165, 1.54) is 16.5 Å². The largest absolute Gasteiger partial charge is 0.495 e. The first kappa shape index (κ1) is 19.4. The smallest absolute Gasteiger partial charge is 0.228 e. The maximum atomic E-state index is 13.2. The summed E-state index contributed by atoms with van der Waals surface area (Å²) >= 11 is 0. The summed E-state index contributed by atoms with van der Waals surface area (Å²) < 4.78 is 5.40. The molecule has 0 bridgehead atoms. The van der Waals surface area contributed by atoms with Crippen molar-refractivity contribution in [1.82, 2.24) is 9.88 Å². The third kappa shape index (κ3) is 3.48. The fraction of sp³-hybridized carbons (Fsp3) is 0.280. The van der Waals surface area contributed by atoms with Gasteiger partial charge in [0.2, 0.25) is 11.8 Å². The lowest BCUT2D eigenvalue weighted by Crippen LogP contribution is -2.39. The highest BCUT2D eigenvalue weighted by atomic mass is 16.5. The summed E-state index contributed by atoms with van der Waals surface area (Å²) in [4.78, 5) is 32.7. The van der Waals surface area contributed by atoms with E-state index in [4.69, 9.17) is 4.74 Å². The second-order valence-corrected chi connectivity index (χ2v) is 8.09. The van der Waals surface area contributed by atoms with Crippen LogP contribution in [-0.2, 0) is 9.59 Å². The lowest BCUT2D eigenvalue weighted by Gasteiger charge is -2.29. The average Bonchev–Trinajstić information content (AvgIpc) is 3.42. The lowest BCUT2D eigenvalue weighted by molar-refractivity contribution is -0.135. The van der Waals surface area contributed by atoms with Gasteiger partial charge in [-0.05, 0) is 30.2 Å². The van der Waals surface area contributed by atoms with E-state index in [-0.39, 0.29) is 24.2 Å². The molecule has 6 heteroatoms. The lowest BCUT2D eigenvalue weighted by atomic mass is 9.97. The molecule has 1 unspecified atom stereocenters. The number of hydrogen-bond donors (Lipinski definition) is 1. The summed E-state index contributed by atoms with van der Waals surface area (Å²) in [6, 6.07) is 15.7. The Morgan fingerprint density at radius 3 is 2.74 bits per heavy atom. The number of rotatable bonds is 4. The minimum absolute atomic E-state index is 0.0325. The van der Waals surface area contributed by atoms with Crippen LogP contribution in [-0.4, -0.2) is 48.4 Å². The van der Waals surface area contributed by atoms with Gasteiger partial charge in [-0.25, -0.2) is 0 Å². The van der Waals surface area contributed by atoms with Crippen molar-refractivity contribution in [2.45, 2.75) is 12.8 Å². The molecule has 1 atom stereocenters. The number of carbonyl (C=O) groups is 2. The van der Waals surface area contributed by atoms with Crippen LogP contribution in [0.25, 0.3) is 16.5 Å². The van der Waals surface area contributed by atoms with Crippen LogP contribution in [0, 0.1) is 5.92 Å². The zero-order valence-electron chi connectivity index (χ0n) is 17.5. The van der Waals surface area contributed by atoms with Crippen LogP contribution >= 0.6 is 0 Å². The van der Waals surface area contributed by atoms with Crippen LogP contribution in [0.15, 0.2) is 60.8 Å². The third-order valence-electron chi connectivity index (χ3n) is 6.31. The van der Waals surface area contributed by atoms with E-state index in [2.05, 4.69) is 29.4 Å². The summed E-state index contributed by atoms with van der Waals surface area (Å²) in [5.74, 6) is 0.350. The number of fused-ring (bicyclic) bond motifs is 1. The Morgan fingerprint density at radius 1 is 1.13 bits per heavy atom. The number of para-hydroxylation sites is 3. The van der Waals surface area contributed by atoms with E-state index in [9.17, 15) is 9.59 Å². The van der Waals surface area contributed by atoms with Gasteiger partial charge in [0, 0.05) is 48.7 Å². The van der Waals surface area contributed by atoms with Gasteiger partial charge in [0.05, 0.1) is 18.7 Å². The van der Waals surface area contributed by atoms with Crippen LogP contribution in [0.3, 0.4) is 0 Å². The summed E-state index contributed by atoms with van der Waals surface area (Å²) in [5.41, 5.74) is 4.32. The normalized spacial score (nSPS) is 19.1. The van der Waals surface area contributed by atoms with Gasteiger partial charge in [0.25, 0.3) is 0 Å². The van der Waals surface area contributed by atoms with Crippen LogP contribution in [0.5, 0.6) is 5.75 Å². The first-order valence-corrected chi connectivity index (χ1v) is 10.6. The molecule has 1 aromatic heterocycles. The molecule has 0 aliphatic carbocycles. The second kappa shape index (κ2) is 7.95. The molecule has 6 nitrogen and oxygen atoms in total. The maximum Gasteiger partial charge on any atom is 0.228 e. The van der Waals surface area contributed by atoms with Gasteiger partial charge in [0.1, 0.15) is 5.75 Å². The van der Waals surface area contributed by atoms with Crippen molar-refractivity contribution in [3.05, 3.63) is 66.4 Å². The van der Waals surface area contributed by atoms with Crippen LogP contribution < -0.4 is 9.64 Å². The highest BCUT2D eigenvalue weighted by Gasteiger charge is 2.38. The van der Waals surface area contributed by atoms with Crippen LogP contribution in [0.1, 0.15) is 18.4 Å². The Morgan fingerprint density at radius 2 is 1.94 bits per heavy atom. The quantitative estimate of drug-likeness (QED) is 0.704. The number of amides is 2. The minimum atomic E-state index is -0.319. The van der Waals surface area contributed by atoms with Gasteiger partial charge < -0.3 is 19.5 Å². The van der Waals surface area contributed by atoms with Crippen molar-refractivity contribution in [3.8, 4) is 5.75 Å². The van der Waals surface area contributed by atoms with Crippen molar-refractivity contribution < 1.29 is 14.3 Å². The molecule has 3 heterocycles. The number of carbonyl (C=O) groups excluding carboxylic acids is 2. The number of nitrogens with zero attached hydrogens (tertiary/aromatic N) is 2. The molecule has 1 saturated heterocycles. The van der Waals surface area contributed by atoms with Gasteiger partial charge in [-0.2, -0.15) is 0 Å². The molecule has 158 valence electrons. The summed E-state index contributed by atoms with van der Waals surface area (Å²) in [7, 11) is 1.59. The van der Waals surface area contributed by atoms with E-state index in [1.807, 2.05) is 41.3 Å². The van der Waals surface area contributed by atoms with E-state index < -0.39 is 0 Å². The fourth-order valence-electron chi connectivity index (χ4n) is 4.67. The van der Waals surface area contributed by atoms with Crippen LogP contribution in [0.2, 0.25) is 0 Å². The fourth-order valence-corrected chi connectivity index (χ4v) is 4.67. The number of aromatic nitrogens is 1. The summed E-state index contributed by atoms with van der Waals surface area (Å²) in [6.45, 7) is 1.64. The number of hydrogen-bond acceptors (Lipinski definition) is 3. The number of nitrogens with one attached hydrogen (secondary N) is 1. The monoisotopic (exact) mass is 415 g/mol. The maximum absolute atomic E-state index is 13.2. The topological polar surface area (TPSA) is 65.6 Å². The van der Waals surface area contributed by atoms with E-state index >= 15 is 0 Å². The first-order chi connectivity index (χ1) is 15.2. The standard InChI is InChI=1S/C25H25N3O3/c1-31-23-9-5-4-8-22(23)28-16-18(14-24(28)29)25(30)27-12-10-17(11-13-27)20-15-26-21-7-3-2-6-19(20)21/h2-10,15,18,26H,11-14,16H2,1H3. The molecule has 2 aromatic carbocycles. The van der Waals surface area contributed by atoms with E-state index in [0.29, 0.717) is 25.4 Å². The van der Waals surface area contributed by atoms with Gasteiger partial charge in [-0.3, -0.25) is 9.59 Å². The number of anilines is 1. The average molecular weight is 415 g/mol. The summed E-state index contributed by atoms with van der Waals surface area (Å²) in [5, 5.41) is 1.21. The van der Waals surface area contributed by atoms with Crippen LogP contribution in [0.4, 0.5) is 5.69 Å². The number of ether oxygens (including phenoxy) is 1. The van der Waals surface area contributed by atoms with Gasteiger partial charge >= 0.3 is 0 Å². The van der Waals surface area contributed by atoms with Crippen molar-refractivity contribution in [2.75, 3.05) is 31.6 Å². The Bertz CT molecular complexity index is 1180. The second-order valence-electron chi connectivity index (χ2n) is 8.09. The SMILES string of the molecule is COc1ccccc1N1CC(C(=O)N2CC=C(c3c[nH]c4ccccc34)CC2)CC1=O. The Balaban J connectivity index is 1.29. The molecular weight excluding hydrogens is 390 g/mol. The van der Waals surface area contributed by atoms with E-state index in [0.717, 1.165) is 17.6 Å². The number of aromatic amines is 1. The number of methoxy groups -OCH3 is 1. The molecule has 1 fully saturated rings. The molecule has 2 aliphatic rings. The molecule has 5 rings (SSSR count).